The summed E-state index contributed by atoms with van der Waals surface area (Å²) < 4.78 is 0. The van der Waals surface area contributed by atoms with Crippen LogP contribution in [-0.4, -0.2) is 41.6 Å². The van der Waals surface area contributed by atoms with Gasteiger partial charge >= 0.3 is 0 Å². The molecule has 4 rings (SSSR count). The van der Waals surface area contributed by atoms with Gasteiger partial charge in [0.2, 0.25) is 5.91 Å². The van der Waals surface area contributed by atoms with E-state index in [2.05, 4.69) is 51.2 Å². The summed E-state index contributed by atoms with van der Waals surface area (Å²) in [6.07, 6.45) is 1.10. The van der Waals surface area contributed by atoms with Crippen molar-refractivity contribution in [2.24, 2.45) is 0 Å². The van der Waals surface area contributed by atoms with Crippen LogP contribution in [0.25, 0.3) is 0 Å². The van der Waals surface area contributed by atoms with Crippen molar-refractivity contribution in [2.45, 2.75) is 25.0 Å². The van der Waals surface area contributed by atoms with Crippen molar-refractivity contribution < 1.29 is 4.79 Å². The van der Waals surface area contributed by atoms with Crippen LogP contribution >= 0.6 is 47.9 Å². The van der Waals surface area contributed by atoms with E-state index in [-0.39, 0.29) is 42.8 Å². The number of rotatable bonds is 5. The van der Waals surface area contributed by atoms with E-state index in [1.165, 1.54) is 16.0 Å². The van der Waals surface area contributed by atoms with Crippen molar-refractivity contribution in [3.63, 3.8) is 0 Å². The summed E-state index contributed by atoms with van der Waals surface area (Å²) in [5.41, 5.74) is 2.72. The Labute approximate surface area is 181 Å². The second kappa shape index (κ2) is 10.7. The quantitative estimate of drug-likeness (QED) is 0.739. The van der Waals surface area contributed by atoms with Crippen molar-refractivity contribution in [1.82, 2.24) is 15.5 Å². The number of thioether (sulfide) groups is 1. The number of carbonyl (C=O) groups excluding carboxylic acids is 1. The lowest BCUT2D eigenvalue weighted by Crippen LogP contribution is -2.46. The zero-order valence-electron chi connectivity index (χ0n) is 14.9. The fraction of sp³-hybridized carbons (Fsp3) is 0.421. The molecule has 1 amide bonds. The molecule has 1 aromatic carbocycles. The maximum absolute atomic E-state index is 12.4. The second-order valence-electron chi connectivity index (χ2n) is 6.53. The van der Waals surface area contributed by atoms with Gasteiger partial charge in [-0.25, -0.2) is 0 Å². The Kier molecular flexibility index (Phi) is 8.92. The van der Waals surface area contributed by atoms with Crippen LogP contribution in [0, 0.1) is 0 Å². The van der Waals surface area contributed by atoms with Crippen molar-refractivity contribution in [3.8, 4) is 0 Å². The molecule has 1 fully saturated rings. The van der Waals surface area contributed by atoms with Crippen LogP contribution in [0.15, 0.2) is 41.8 Å². The summed E-state index contributed by atoms with van der Waals surface area (Å²) in [4.78, 5) is 16.4. The van der Waals surface area contributed by atoms with E-state index in [0.717, 1.165) is 31.1 Å². The molecular formula is C19H25Cl2N3OS2. The third-order valence-electron chi connectivity index (χ3n) is 4.96. The molecule has 2 aliphatic heterocycles. The lowest BCUT2D eigenvalue weighted by molar-refractivity contribution is -0.122. The SMILES string of the molecule is Cl.Cl.O=C(NCC(c1ccccc1)N1CCc2sccc2C1)C1CSCN1. The molecule has 0 bridgehead atoms. The Hall–Kier alpha value is -0.760. The summed E-state index contributed by atoms with van der Waals surface area (Å²) in [5, 5.41) is 8.62. The molecule has 0 aliphatic carbocycles. The molecule has 2 aliphatic rings. The largest absolute Gasteiger partial charge is 0.353 e. The molecule has 1 saturated heterocycles. The monoisotopic (exact) mass is 445 g/mol. The number of halogens is 2. The summed E-state index contributed by atoms with van der Waals surface area (Å²) in [6.45, 7) is 2.66. The molecule has 3 heterocycles. The van der Waals surface area contributed by atoms with Crippen LogP contribution in [-0.2, 0) is 17.8 Å². The van der Waals surface area contributed by atoms with Crippen LogP contribution in [0.1, 0.15) is 22.0 Å². The van der Waals surface area contributed by atoms with Crippen molar-refractivity contribution in [1.29, 1.82) is 0 Å². The molecule has 8 heteroatoms. The molecule has 1 aromatic heterocycles. The summed E-state index contributed by atoms with van der Waals surface area (Å²) in [7, 11) is 0. The highest BCUT2D eigenvalue weighted by Crippen LogP contribution is 2.30. The number of hydrogen-bond acceptors (Lipinski definition) is 5. The van der Waals surface area contributed by atoms with Crippen molar-refractivity contribution in [2.75, 3.05) is 24.7 Å². The fourth-order valence-electron chi connectivity index (χ4n) is 3.55. The van der Waals surface area contributed by atoms with E-state index in [4.69, 9.17) is 0 Å². The lowest BCUT2D eigenvalue weighted by Gasteiger charge is -2.35. The van der Waals surface area contributed by atoms with Crippen LogP contribution in [0.4, 0.5) is 0 Å². The smallest absolute Gasteiger partial charge is 0.238 e. The summed E-state index contributed by atoms with van der Waals surface area (Å²) in [6, 6.07) is 13.0. The van der Waals surface area contributed by atoms with E-state index in [1.807, 2.05) is 17.4 Å². The number of fused-ring (bicyclic) bond motifs is 1. The van der Waals surface area contributed by atoms with E-state index >= 15 is 0 Å². The normalized spacial score (nSPS) is 20.1. The van der Waals surface area contributed by atoms with Gasteiger partial charge in [-0.2, -0.15) is 0 Å². The molecule has 2 aromatic rings. The number of hydrogen-bond donors (Lipinski definition) is 2. The maximum Gasteiger partial charge on any atom is 0.238 e. The highest BCUT2D eigenvalue weighted by molar-refractivity contribution is 7.99. The third-order valence-corrected chi connectivity index (χ3v) is 6.93. The Morgan fingerprint density at radius 3 is 2.81 bits per heavy atom. The number of benzene rings is 1. The van der Waals surface area contributed by atoms with Crippen molar-refractivity contribution in [3.05, 3.63) is 57.8 Å². The lowest BCUT2D eigenvalue weighted by atomic mass is 10.0. The average Bonchev–Trinajstić information content (AvgIpc) is 3.34. The minimum absolute atomic E-state index is 0. The summed E-state index contributed by atoms with van der Waals surface area (Å²) >= 11 is 3.64. The zero-order chi connectivity index (χ0) is 17.1. The Morgan fingerprint density at radius 2 is 2.07 bits per heavy atom. The molecule has 27 heavy (non-hydrogen) atoms. The Balaban J connectivity index is 0.00000131. The van der Waals surface area contributed by atoms with E-state index in [0.29, 0.717) is 6.54 Å². The number of nitrogens with zero attached hydrogens (tertiary/aromatic N) is 1. The van der Waals surface area contributed by atoms with Gasteiger partial charge in [0.25, 0.3) is 0 Å². The fourth-order valence-corrected chi connectivity index (χ4v) is 5.38. The highest BCUT2D eigenvalue weighted by atomic mass is 35.5. The van der Waals surface area contributed by atoms with Gasteiger partial charge in [0.15, 0.2) is 0 Å². The minimum Gasteiger partial charge on any atom is -0.353 e. The van der Waals surface area contributed by atoms with Crippen LogP contribution < -0.4 is 10.6 Å². The first-order valence-electron chi connectivity index (χ1n) is 8.74. The molecule has 2 atom stereocenters. The molecule has 2 unspecified atom stereocenters. The highest BCUT2D eigenvalue weighted by Gasteiger charge is 2.28. The Bertz CT molecular complexity index is 723. The van der Waals surface area contributed by atoms with Gasteiger partial charge in [-0.1, -0.05) is 30.3 Å². The number of thiophene rings is 1. The van der Waals surface area contributed by atoms with Gasteiger partial charge in [-0.3, -0.25) is 15.0 Å². The molecule has 148 valence electrons. The molecular weight excluding hydrogens is 421 g/mol. The second-order valence-corrected chi connectivity index (χ2v) is 8.56. The molecule has 0 saturated carbocycles. The van der Waals surface area contributed by atoms with Crippen LogP contribution in [0.3, 0.4) is 0 Å². The molecule has 0 spiro atoms. The predicted molar refractivity (Wildman–Crippen MR) is 119 cm³/mol. The third kappa shape index (κ3) is 5.40. The molecule has 4 nitrogen and oxygen atoms in total. The van der Waals surface area contributed by atoms with Crippen molar-refractivity contribution >= 4 is 53.8 Å². The first-order valence-corrected chi connectivity index (χ1v) is 10.8. The first-order chi connectivity index (χ1) is 12.3. The van der Waals surface area contributed by atoms with Gasteiger partial charge in [-0.15, -0.1) is 47.9 Å². The van der Waals surface area contributed by atoms with E-state index < -0.39 is 0 Å². The maximum atomic E-state index is 12.4. The van der Waals surface area contributed by atoms with Gasteiger partial charge in [0.1, 0.15) is 0 Å². The van der Waals surface area contributed by atoms with Gasteiger partial charge < -0.3 is 5.32 Å². The van der Waals surface area contributed by atoms with Gasteiger partial charge in [0, 0.05) is 36.1 Å². The molecule has 0 radical (unpaired) electrons. The van der Waals surface area contributed by atoms with E-state index in [1.54, 1.807) is 11.8 Å². The molecule has 2 N–H and O–H groups in total. The Morgan fingerprint density at radius 1 is 1.26 bits per heavy atom. The first kappa shape index (κ1) is 22.5. The van der Waals surface area contributed by atoms with Gasteiger partial charge in [0.05, 0.1) is 12.1 Å². The van der Waals surface area contributed by atoms with Gasteiger partial charge in [-0.05, 0) is 29.0 Å². The predicted octanol–water partition coefficient (Wildman–Crippen LogP) is 3.47. The minimum atomic E-state index is -0.0498. The van der Waals surface area contributed by atoms with Crippen LogP contribution in [0.5, 0.6) is 0 Å². The topological polar surface area (TPSA) is 44.4 Å². The number of carbonyl (C=O) groups is 1. The van der Waals surface area contributed by atoms with E-state index in [9.17, 15) is 4.79 Å². The number of nitrogens with one attached hydrogen (secondary N) is 2. The average molecular weight is 446 g/mol. The number of amides is 1. The van der Waals surface area contributed by atoms with Crippen LogP contribution in [0.2, 0.25) is 0 Å². The zero-order valence-corrected chi connectivity index (χ0v) is 18.2. The summed E-state index contributed by atoms with van der Waals surface area (Å²) in [5.74, 6) is 1.86. The standard InChI is InChI=1S/C19H23N3OS2.2ClH/c23-19(16-12-24-13-21-16)20-10-17(14-4-2-1-3-5-14)22-8-6-18-15(11-22)7-9-25-18;;/h1-5,7,9,16-17,21H,6,8,10-13H2,(H,20,23);2*1H.